The largest absolute Gasteiger partial charge is 0.311 e. The van der Waals surface area contributed by atoms with Gasteiger partial charge in [-0.1, -0.05) is 267 Å². The van der Waals surface area contributed by atoms with E-state index in [4.69, 9.17) is 0 Å². The van der Waals surface area contributed by atoms with E-state index in [9.17, 15) is 0 Å². The minimum atomic E-state index is 1.11. The molecule has 0 radical (unpaired) electrons. The Morgan fingerprint density at radius 3 is 1.10 bits per heavy atom. The van der Waals surface area contributed by atoms with E-state index in [-0.39, 0.29) is 0 Å². The molecule has 0 bridgehead atoms. The second-order valence-corrected chi connectivity index (χ2v) is 25.2. The Morgan fingerprint density at radius 1 is 0.184 bits per heavy atom. The smallest absolute Gasteiger partial charge is 0.0542 e. The molecule has 0 unspecified atom stereocenters. The lowest BCUT2D eigenvalue weighted by Crippen LogP contribution is -2.11. The summed E-state index contributed by atoms with van der Waals surface area (Å²) >= 11 is 0. The number of rotatable bonds is 11. The molecule has 2 heterocycles. The van der Waals surface area contributed by atoms with Gasteiger partial charge in [0.1, 0.15) is 0 Å². The summed E-state index contributed by atoms with van der Waals surface area (Å²) in [6, 6.07) is 140. The van der Waals surface area contributed by atoms with Crippen molar-refractivity contribution in [3.05, 3.63) is 388 Å². The van der Waals surface area contributed by atoms with Gasteiger partial charge in [-0.2, -0.15) is 0 Å². The summed E-state index contributed by atoms with van der Waals surface area (Å²) in [4.78, 5) is 4.71. The molecule has 19 rings (SSSR count). The molecule has 0 N–H and O–H groups in total. The van der Waals surface area contributed by atoms with Gasteiger partial charge in [-0.25, -0.2) is 0 Å². The highest BCUT2D eigenvalue weighted by Gasteiger charge is 2.21. The van der Waals surface area contributed by atoms with Crippen molar-refractivity contribution in [3.63, 3.8) is 0 Å². The van der Waals surface area contributed by atoms with Gasteiger partial charge < -0.3 is 18.9 Å². The van der Waals surface area contributed by atoms with Crippen LogP contribution < -0.4 is 9.80 Å². The van der Waals surface area contributed by atoms with Gasteiger partial charge in [-0.05, 0) is 187 Å². The predicted octanol–water partition coefficient (Wildman–Crippen LogP) is 26.1. The molecule has 0 saturated heterocycles. The average molecular weight is 1250 g/mol. The molecule has 0 atom stereocenters. The van der Waals surface area contributed by atoms with E-state index in [1.807, 2.05) is 0 Å². The minimum Gasteiger partial charge on any atom is -0.311 e. The number of fused-ring (bicyclic) bond motifs is 11. The molecule has 0 spiro atoms. The number of nitrogens with zero attached hydrogens (tertiary/aromatic N) is 4. The zero-order valence-electron chi connectivity index (χ0n) is 53.7. The third kappa shape index (κ3) is 10.3. The third-order valence-corrected chi connectivity index (χ3v) is 19.5. The second kappa shape index (κ2) is 24.7. The summed E-state index contributed by atoms with van der Waals surface area (Å²) in [5, 5.41) is 15.1. The van der Waals surface area contributed by atoms with Gasteiger partial charge in [-0.3, -0.25) is 0 Å². The Hall–Kier alpha value is -13.0. The summed E-state index contributed by atoms with van der Waals surface area (Å²) in [7, 11) is 0. The van der Waals surface area contributed by atoms with Gasteiger partial charge >= 0.3 is 0 Å². The fourth-order valence-corrected chi connectivity index (χ4v) is 14.9. The molecule has 19 aromatic rings. The van der Waals surface area contributed by atoms with Crippen LogP contribution >= 0.6 is 0 Å². The summed E-state index contributed by atoms with van der Waals surface area (Å²) in [6.45, 7) is 0. The van der Waals surface area contributed by atoms with E-state index in [0.717, 1.165) is 39.8 Å². The lowest BCUT2D eigenvalue weighted by atomic mass is 9.93. The predicted molar refractivity (Wildman–Crippen MR) is 417 cm³/mol. The first-order chi connectivity index (χ1) is 48.6. The van der Waals surface area contributed by atoms with E-state index < -0.39 is 0 Å². The zero-order valence-corrected chi connectivity index (χ0v) is 53.7. The molecular formula is C94H64N4. The highest BCUT2D eigenvalue weighted by atomic mass is 15.1. The Morgan fingerprint density at radius 2 is 0.551 bits per heavy atom. The quantitative estimate of drug-likeness (QED) is 0.120. The first-order valence-corrected chi connectivity index (χ1v) is 33.6. The van der Waals surface area contributed by atoms with Crippen molar-refractivity contribution in [2.24, 2.45) is 0 Å². The Balaban J connectivity index is 0.000000143. The number of anilines is 6. The molecular weight excluding hydrogens is 1190 g/mol. The van der Waals surface area contributed by atoms with Gasteiger partial charge in [-0.15, -0.1) is 0 Å². The number of hydrogen-bond acceptors (Lipinski definition) is 2. The van der Waals surface area contributed by atoms with Crippen LogP contribution in [-0.4, -0.2) is 9.13 Å². The lowest BCUT2D eigenvalue weighted by Gasteiger charge is -2.28. The van der Waals surface area contributed by atoms with Crippen molar-refractivity contribution < 1.29 is 0 Å². The standard InChI is InChI=1S/C50H34N2.C44H30N2/c1-2-13-39(14-3-1)51(41-32-26-37(27-33-41)48-34-38-12-4-5-15-43(38)44-16-6-7-17-45(44)48)40-28-22-35(23-29-40)36-24-30-42(31-25-36)52-49-20-10-8-18-46(49)47-19-9-11-21-50(47)52;1-2-14-35(15-3-1)45(36-26-24-32(25-27-36)34-23-22-31-12-4-5-13-33(31)30-34)43-28-29-44(40-17-7-6-16-39(40)43)46-41-20-10-8-18-37(41)38-19-9-11-21-42(38)46/h1-34H;1-30H. The minimum absolute atomic E-state index is 1.11. The van der Waals surface area contributed by atoms with Crippen LogP contribution in [0.2, 0.25) is 0 Å². The summed E-state index contributed by atoms with van der Waals surface area (Å²) < 4.78 is 4.78. The summed E-state index contributed by atoms with van der Waals surface area (Å²) in [5.41, 5.74) is 21.2. The molecule has 0 aliphatic carbocycles. The van der Waals surface area contributed by atoms with Gasteiger partial charge in [0.25, 0.3) is 0 Å². The van der Waals surface area contributed by atoms with Crippen LogP contribution in [0, 0.1) is 0 Å². The van der Waals surface area contributed by atoms with Crippen LogP contribution in [0.15, 0.2) is 388 Å². The van der Waals surface area contributed by atoms with Crippen molar-refractivity contribution in [2.45, 2.75) is 0 Å². The highest BCUT2D eigenvalue weighted by Crippen LogP contribution is 2.45. The van der Waals surface area contributed by atoms with Gasteiger partial charge in [0.15, 0.2) is 0 Å². The van der Waals surface area contributed by atoms with Gasteiger partial charge in [0, 0.05) is 66.4 Å². The molecule has 0 amide bonds. The van der Waals surface area contributed by atoms with Crippen LogP contribution in [0.3, 0.4) is 0 Å². The average Bonchev–Trinajstić information content (AvgIpc) is 1.54. The Bertz CT molecular complexity index is 6040. The number of para-hydroxylation sites is 6. The maximum absolute atomic E-state index is 2.42. The van der Waals surface area contributed by atoms with Crippen molar-refractivity contribution in [1.82, 2.24) is 9.13 Å². The van der Waals surface area contributed by atoms with Crippen LogP contribution in [0.25, 0.3) is 131 Å². The van der Waals surface area contributed by atoms with Crippen LogP contribution in [0.1, 0.15) is 0 Å². The molecule has 4 heteroatoms. The fraction of sp³-hybridized carbons (Fsp3) is 0. The molecule has 460 valence electrons. The third-order valence-electron chi connectivity index (χ3n) is 19.5. The molecule has 98 heavy (non-hydrogen) atoms. The van der Waals surface area contributed by atoms with E-state index in [0.29, 0.717) is 0 Å². The zero-order chi connectivity index (χ0) is 64.9. The van der Waals surface area contributed by atoms with E-state index >= 15 is 0 Å². The monoisotopic (exact) mass is 1250 g/mol. The van der Waals surface area contributed by atoms with Crippen LogP contribution in [0.4, 0.5) is 34.1 Å². The fourth-order valence-electron chi connectivity index (χ4n) is 14.9. The van der Waals surface area contributed by atoms with Gasteiger partial charge in [0.05, 0.1) is 33.4 Å². The number of aromatic nitrogens is 2. The maximum atomic E-state index is 2.42. The SMILES string of the molecule is c1ccc(N(c2ccc(-c3ccc(-n4c5ccccc5c5ccccc54)cc3)cc2)c2ccc(-c3cc4ccccc4c4ccccc34)cc2)cc1.c1ccc(N(c2ccc(-c3ccc4ccccc4c3)cc2)c2ccc(-n3c4ccccc4c4ccccc43)c3ccccc23)cc1. The molecule has 0 fully saturated rings. The Labute approximate surface area is 569 Å². The van der Waals surface area contributed by atoms with Gasteiger partial charge in [0.2, 0.25) is 0 Å². The molecule has 0 saturated carbocycles. The van der Waals surface area contributed by atoms with E-state index in [1.54, 1.807) is 0 Å². The molecule has 0 aliphatic heterocycles. The second-order valence-electron chi connectivity index (χ2n) is 25.2. The van der Waals surface area contributed by atoms with E-state index in [1.165, 1.54) is 126 Å². The van der Waals surface area contributed by atoms with Crippen molar-refractivity contribution in [1.29, 1.82) is 0 Å². The van der Waals surface area contributed by atoms with Crippen molar-refractivity contribution in [3.8, 4) is 44.8 Å². The van der Waals surface area contributed by atoms with Crippen LogP contribution in [0.5, 0.6) is 0 Å². The van der Waals surface area contributed by atoms with Crippen molar-refractivity contribution in [2.75, 3.05) is 9.80 Å². The molecule has 2 aromatic heterocycles. The Kier molecular flexibility index (Phi) is 14.5. The highest BCUT2D eigenvalue weighted by molar-refractivity contribution is 6.15. The molecule has 17 aromatic carbocycles. The summed E-state index contributed by atoms with van der Waals surface area (Å²) in [5.74, 6) is 0. The summed E-state index contributed by atoms with van der Waals surface area (Å²) in [6.07, 6.45) is 0. The topological polar surface area (TPSA) is 16.3 Å². The maximum Gasteiger partial charge on any atom is 0.0542 e. The molecule has 0 aliphatic rings. The van der Waals surface area contributed by atoms with Crippen LogP contribution in [-0.2, 0) is 0 Å². The number of hydrogen-bond donors (Lipinski definition) is 0. The number of benzene rings is 17. The first kappa shape index (κ1) is 57.6. The van der Waals surface area contributed by atoms with E-state index in [2.05, 4.69) is 407 Å². The normalized spacial score (nSPS) is 11.5. The first-order valence-electron chi connectivity index (χ1n) is 33.6. The molecule has 4 nitrogen and oxygen atoms in total. The lowest BCUT2D eigenvalue weighted by molar-refractivity contribution is 1.18. The van der Waals surface area contributed by atoms with Crippen molar-refractivity contribution >= 4 is 121 Å².